The van der Waals surface area contributed by atoms with E-state index in [1.165, 1.54) is 0 Å². The van der Waals surface area contributed by atoms with Gasteiger partial charge in [-0.3, -0.25) is 4.79 Å². The summed E-state index contributed by atoms with van der Waals surface area (Å²) < 4.78 is 0. The second-order valence-electron chi connectivity index (χ2n) is 4.20. The number of carbonyl (C=O) groups is 1. The standard InChI is InChI=1S/C14H20ClNOS/c1-3-9-18-10-8-14(17)16(2)11-12-6-4-5-7-13(12)15/h4-7H,3,8-11H2,1-2H3. The number of carbonyl (C=O) groups excluding carboxylic acids is 1. The minimum atomic E-state index is 0.179. The van der Waals surface area contributed by atoms with E-state index in [2.05, 4.69) is 6.92 Å². The molecule has 1 aromatic carbocycles. The van der Waals surface area contributed by atoms with Gasteiger partial charge in [0.05, 0.1) is 0 Å². The molecule has 0 saturated heterocycles. The molecule has 0 fully saturated rings. The van der Waals surface area contributed by atoms with Gasteiger partial charge >= 0.3 is 0 Å². The number of rotatable bonds is 7. The molecule has 0 N–H and O–H groups in total. The molecule has 1 aromatic rings. The Balaban J connectivity index is 2.38. The van der Waals surface area contributed by atoms with Gasteiger partial charge in [-0.1, -0.05) is 36.7 Å². The zero-order valence-electron chi connectivity index (χ0n) is 11.0. The summed E-state index contributed by atoms with van der Waals surface area (Å²) in [5.74, 6) is 2.21. The summed E-state index contributed by atoms with van der Waals surface area (Å²) in [7, 11) is 1.83. The average molecular weight is 286 g/mol. The summed E-state index contributed by atoms with van der Waals surface area (Å²) in [6.45, 7) is 2.73. The van der Waals surface area contributed by atoms with Gasteiger partial charge in [0, 0.05) is 30.8 Å². The molecule has 0 atom stereocenters. The summed E-state index contributed by atoms with van der Waals surface area (Å²) in [4.78, 5) is 13.6. The van der Waals surface area contributed by atoms with Crippen molar-refractivity contribution in [1.29, 1.82) is 0 Å². The van der Waals surface area contributed by atoms with Crippen LogP contribution < -0.4 is 0 Å². The summed E-state index contributed by atoms with van der Waals surface area (Å²) in [6.07, 6.45) is 1.76. The SMILES string of the molecule is CCCSCCC(=O)N(C)Cc1ccccc1Cl. The molecule has 0 aliphatic heterocycles. The molecule has 2 nitrogen and oxygen atoms in total. The van der Waals surface area contributed by atoms with E-state index in [1.54, 1.807) is 4.90 Å². The van der Waals surface area contributed by atoms with Crippen molar-refractivity contribution in [1.82, 2.24) is 4.90 Å². The molecule has 0 unspecified atom stereocenters. The van der Waals surface area contributed by atoms with Crippen LogP contribution in [-0.2, 0) is 11.3 Å². The maximum atomic E-state index is 11.9. The van der Waals surface area contributed by atoms with Crippen LogP contribution in [0.25, 0.3) is 0 Å². The van der Waals surface area contributed by atoms with Crippen molar-refractivity contribution in [2.24, 2.45) is 0 Å². The molecular weight excluding hydrogens is 266 g/mol. The number of benzene rings is 1. The molecule has 0 aliphatic rings. The van der Waals surface area contributed by atoms with Crippen LogP contribution >= 0.6 is 23.4 Å². The zero-order chi connectivity index (χ0) is 13.4. The van der Waals surface area contributed by atoms with Crippen LogP contribution in [0, 0.1) is 0 Å². The predicted octanol–water partition coefficient (Wildman–Crippen LogP) is 3.83. The second-order valence-corrected chi connectivity index (χ2v) is 5.84. The van der Waals surface area contributed by atoms with Crippen LogP contribution in [0.3, 0.4) is 0 Å². The third-order valence-electron chi connectivity index (χ3n) is 2.60. The third kappa shape index (κ3) is 5.32. The first-order valence-electron chi connectivity index (χ1n) is 6.20. The van der Waals surface area contributed by atoms with E-state index in [1.807, 2.05) is 43.1 Å². The molecule has 0 aromatic heterocycles. The monoisotopic (exact) mass is 285 g/mol. The van der Waals surface area contributed by atoms with Crippen molar-refractivity contribution in [2.75, 3.05) is 18.6 Å². The minimum Gasteiger partial charge on any atom is -0.341 e. The van der Waals surface area contributed by atoms with E-state index in [0.29, 0.717) is 13.0 Å². The van der Waals surface area contributed by atoms with Crippen LogP contribution in [0.5, 0.6) is 0 Å². The van der Waals surface area contributed by atoms with E-state index in [9.17, 15) is 4.79 Å². The number of hydrogen-bond donors (Lipinski definition) is 0. The first kappa shape index (κ1) is 15.4. The molecule has 0 heterocycles. The molecule has 0 saturated carbocycles. The van der Waals surface area contributed by atoms with Crippen LogP contribution in [0.15, 0.2) is 24.3 Å². The lowest BCUT2D eigenvalue weighted by Crippen LogP contribution is -2.26. The largest absolute Gasteiger partial charge is 0.341 e. The van der Waals surface area contributed by atoms with Gasteiger partial charge in [0.15, 0.2) is 0 Å². The first-order chi connectivity index (χ1) is 8.65. The molecule has 0 bridgehead atoms. The smallest absolute Gasteiger partial charge is 0.223 e. The van der Waals surface area contributed by atoms with Gasteiger partial charge in [0.25, 0.3) is 0 Å². The normalized spacial score (nSPS) is 10.4. The van der Waals surface area contributed by atoms with Crippen molar-refractivity contribution in [2.45, 2.75) is 26.3 Å². The highest BCUT2D eigenvalue weighted by Crippen LogP contribution is 2.17. The van der Waals surface area contributed by atoms with Gasteiger partial charge < -0.3 is 4.90 Å². The van der Waals surface area contributed by atoms with Crippen molar-refractivity contribution in [3.8, 4) is 0 Å². The lowest BCUT2D eigenvalue weighted by molar-refractivity contribution is -0.129. The van der Waals surface area contributed by atoms with E-state index >= 15 is 0 Å². The van der Waals surface area contributed by atoms with E-state index < -0.39 is 0 Å². The fourth-order valence-corrected chi connectivity index (χ4v) is 2.57. The molecule has 1 amide bonds. The quantitative estimate of drug-likeness (QED) is 0.710. The molecule has 0 aliphatic carbocycles. The van der Waals surface area contributed by atoms with Gasteiger partial charge in [-0.2, -0.15) is 11.8 Å². The summed E-state index contributed by atoms with van der Waals surface area (Å²) in [5, 5.41) is 0.720. The molecule has 4 heteroatoms. The van der Waals surface area contributed by atoms with Crippen LogP contribution in [-0.4, -0.2) is 29.4 Å². The number of halogens is 1. The minimum absolute atomic E-state index is 0.179. The maximum absolute atomic E-state index is 11.9. The van der Waals surface area contributed by atoms with Crippen molar-refractivity contribution < 1.29 is 4.79 Å². The molecule has 0 radical (unpaired) electrons. The highest BCUT2D eigenvalue weighted by atomic mass is 35.5. The topological polar surface area (TPSA) is 20.3 Å². The van der Waals surface area contributed by atoms with Crippen LogP contribution in [0.2, 0.25) is 5.02 Å². The Bertz CT molecular complexity index is 384. The van der Waals surface area contributed by atoms with E-state index in [-0.39, 0.29) is 5.91 Å². The van der Waals surface area contributed by atoms with Crippen molar-refractivity contribution in [3.05, 3.63) is 34.9 Å². The highest BCUT2D eigenvalue weighted by Gasteiger charge is 2.10. The highest BCUT2D eigenvalue weighted by molar-refractivity contribution is 7.99. The lowest BCUT2D eigenvalue weighted by Gasteiger charge is -2.17. The van der Waals surface area contributed by atoms with Crippen molar-refractivity contribution in [3.63, 3.8) is 0 Å². The fourth-order valence-electron chi connectivity index (χ4n) is 1.57. The first-order valence-corrected chi connectivity index (χ1v) is 7.73. The molecule has 1 rings (SSSR count). The number of nitrogens with zero attached hydrogens (tertiary/aromatic N) is 1. The lowest BCUT2D eigenvalue weighted by atomic mass is 10.2. The van der Waals surface area contributed by atoms with Crippen LogP contribution in [0.4, 0.5) is 0 Å². The summed E-state index contributed by atoms with van der Waals surface area (Å²) in [5.41, 5.74) is 0.997. The predicted molar refractivity (Wildman–Crippen MR) is 80.2 cm³/mol. The number of amides is 1. The van der Waals surface area contributed by atoms with Gasteiger partial charge in [0.2, 0.25) is 5.91 Å². The average Bonchev–Trinajstić information content (AvgIpc) is 2.37. The number of hydrogen-bond acceptors (Lipinski definition) is 2. The fraction of sp³-hybridized carbons (Fsp3) is 0.500. The summed E-state index contributed by atoms with van der Waals surface area (Å²) in [6, 6.07) is 7.65. The van der Waals surface area contributed by atoms with E-state index in [4.69, 9.17) is 11.6 Å². The van der Waals surface area contributed by atoms with Crippen LogP contribution in [0.1, 0.15) is 25.3 Å². The Labute approximate surface area is 119 Å². The zero-order valence-corrected chi connectivity index (χ0v) is 12.6. The molecule has 0 spiro atoms. The van der Waals surface area contributed by atoms with Gasteiger partial charge in [0.1, 0.15) is 0 Å². The maximum Gasteiger partial charge on any atom is 0.223 e. The Morgan fingerprint density at radius 3 is 2.72 bits per heavy atom. The Kier molecular flexibility index (Phi) is 7.21. The summed E-state index contributed by atoms with van der Waals surface area (Å²) >= 11 is 7.91. The Morgan fingerprint density at radius 1 is 1.33 bits per heavy atom. The number of thioether (sulfide) groups is 1. The van der Waals surface area contributed by atoms with Gasteiger partial charge in [-0.05, 0) is 23.8 Å². The van der Waals surface area contributed by atoms with Gasteiger partial charge in [-0.15, -0.1) is 0 Å². The van der Waals surface area contributed by atoms with E-state index in [0.717, 1.165) is 28.5 Å². The third-order valence-corrected chi connectivity index (χ3v) is 4.16. The van der Waals surface area contributed by atoms with Crippen molar-refractivity contribution >= 4 is 29.3 Å². The Hall–Kier alpha value is -0.670. The van der Waals surface area contributed by atoms with Gasteiger partial charge in [-0.25, -0.2) is 0 Å². The Morgan fingerprint density at radius 2 is 2.06 bits per heavy atom. The molecular formula is C14H20ClNOS. The molecule has 100 valence electrons. The second kappa shape index (κ2) is 8.44. The molecule has 18 heavy (non-hydrogen) atoms.